The molecule has 280 valence electrons. The first-order valence-electron chi connectivity index (χ1n) is 31.8. The number of halogens is 5. The fourth-order valence-electron chi connectivity index (χ4n) is 4.13. The molecule has 12 heteroatoms. The molecule has 0 aliphatic carbocycles. The number of hydrogen-bond acceptors (Lipinski definition) is 6. The van der Waals surface area contributed by atoms with Crippen molar-refractivity contribution in [3.05, 3.63) is 135 Å². The maximum Gasteiger partial charge on any atom is 0.416 e. The number of nitrogens with zero attached hydrogens (tertiary/aromatic N) is 3. The summed E-state index contributed by atoms with van der Waals surface area (Å²) in [5, 5.41) is 9.81. The molecule has 0 aromatic heterocycles. The van der Waals surface area contributed by atoms with Crippen molar-refractivity contribution >= 4 is 23.4 Å². The first-order valence-corrected chi connectivity index (χ1v) is 15.1. The highest BCUT2D eigenvalue weighted by atomic mass is 32.2. The summed E-state index contributed by atoms with van der Waals surface area (Å²) in [7, 11) is -3.82. The number of aliphatic hydroxyl groups is 1. The van der Waals surface area contributed by atoms with E-state index in [4.69, 9.17) is 34.3 Å². The number of aliphatic hydroxyl groups excluding tert-OH is 1. The second-order valence-electron chi connectivity index (χ2n) is 10.0. The lowest BCUT2D eigenvalue weighted by atomic mass is 9.97. The van der Waals surface area contributed by atoms with Crippen molar-refractivity contribution in [2.75, 3.05) is 44.5 Å². The van der Waals surface area contributed by atoms with E-state index in [0.29, 0.717) is 6.92 Å². The highest BCUT2D eigenvalue weighted by Gasteiger charge is 2.33. The molecule has 0 radical (unpaired) electrons. The molecule has 0 bridgehead atoms. The van der Waals surface area contributed by atoms with Gasteiger partial charge < -0.3 is 24.5 Å². The number of methoxy groups -OCH3 is 1. The third kappa shape index (κ3) is 9.12. The number of amides is 1. The van der Waals surface area contributed by atoms with Crippen LogP contribution in [0.25, 0.3) is 11.1 Å². The third-order valence-corrected chi connectivity index (χ3v) is 7.41. The Bertz CT molecular complexity index is 3540. The number of hydrogen-bond donors (Lipinski definition) is 1. The molecule has 1 atom stereocenters. The van der Waals surface area contributed by atoms with Crippen molar-refractivity contribution in [1.82, 2.24) is 9.80 Å². The summed E-state index contributed by atoms with van der Waals surface area (Å²) >= 11 is -0.892. The lowest BCUT2D eigenvalue weighted by Crippen LogP contribution is -2.50. The quantitative estimate of drug-likeness (QED) is 0.145. The third-order valence-electron chi connectivity index (χ3n) is 6.61. The number of para-hydroxylation sites is 1. The Labute approximate surface area is 360 Å². The van der Waals surface area contributed by atoms with Gasteiger partial charge in [0, 0.05) is 75.3 Å². The van der Waals surface area contributed by atoms with E-state index in [1.807, 2.05) is 0 Å². The molecule has 2 heterocycles. The molecule has 1 N–H and O–H groups in total. The predicted molar refractivity (Wildman–Crippen MR) is 198 cm³/mol. The Morgan fingerprint density at radius 3 is 2.53 bits per heavy atom. The van der Waals surface area contributed by atoms with Gasteiger partial charge in [0.1, 0.15) is 12.6 Å². The van der Waals surface area contributed by atoms with Gasteiger partial charge in [0.15, 0.2) is 11.6 Å². The van der Waals surface area contributed by atoms with Gasteiger partial charge in [-0.1, -0.05) is 60.4 Å². The van der Waals surface area contributed by atoms with Crippen LogP contribution in [-0.2, 0) is 27.9 Å². The minimum Gasteiger partial charge on any atom is -0.384 e. The Kier molecular flexibility index (Phi) is 4.49. The molecule has 53 heavy (non-hydrogen) atoms. The molecule has 2 aliphatic rings. The van der Waals surface area contributed by atoms with Crippen molar-refractivity contribution in [2.45, 2.75) is 50.2 Å². The summed E-state index contributed by atoms with van der Waals surface area (Å²) in [6, 6.07) is -30.3. The van der Waals surface area contributed by atoms with Gasteiger partial charge in [0.2, 0.25) is 5.91 Å². The normalized spacial score (nSPS) is 32.2. The van der Waals surface area contributed by atoms with E-state index in [1.165, 1.54) is 0 Å². The van der Waals surface area contributed by atoms with Gasteiger partial charge >= 0.3 is 6.18 Å². The summed E-state index contributed by atoms with van der Waals surface area (Å²) < 4.78 is 384. The van der Waals surface area contributed by atoms with Crippen molar-refractivity contribution in [3.63, 3.8) is 0 Å². The van der Waals surface area contributed by atoms with E-state index in [1.54, 1.807) is 0 Å². The number of thioether (sulfide) groups is 1. The zero-order chi connectivity index (χ0) is 68.5. The first-order chi connectivity index (χ1) is 39.2. The van der Waals surface area contributed by atoms with Gasteiger partial charge in [-0.3, -0.25) is 4.79 Å². The molecule has 1 amide bonds. The van der Waals surface area contributed by atoms with E-state index in [0.717, 1.165) is 0 Å². The van der Waals surface area contributed by atoms with Crippen LogP contribution in [0, 0.1) is 18.6 Å². The number of piperidine rings is 1. The van der Waals surface area contributed by atoms with Crippen LogP contribution in [0.3, 0.4) is 0 Å². The Morgan fingerprint density at radius 1 is 1.06 bits per heavy atom. The SMILES string of the molecule is [2H]C1=C(SC([2H])([2H])c2c([2H])c([2H])c([2H])c(F)c2F)N(C([2H])([2H])C(=O)N(C([2H])([2H])c2c([2H])c([2H])c(-c3c([2H])c([2H])c(C(F)(F)F)c([2H])c3[2H])c([2H])c2C)C2([2H])C([2H])([2H])C([2H])([2H])N(CC([2H])([2H])OC([2H])([2H])[2H])C([2H])([2H])C2([2H])[2H])c2c([2H])c([2H])c([2H])c([2H])c2C1O. The Morgan fingerprint density at radius 2 is 1.79 bits per heavy atom. The minimum absolute atomic E-state index is 0.491. The average molecular weight is 787 g/mol. The maximum absolute atomic E-state index is 16.2. The van der Waals surface area contributed by atoms with Crippen molar-refractivity contribution in [2.24, 2.45) is 0 Å². The van der Waals surface area contributed by atoms with E-state index in [-0.39, 0.29) is 0 Å². The smallest absolute Gasteiger partial charge is 0.384 e. The minimum atomic E-state index is -5.62. The standard InChI is InChI=1S/C41H42F5N3O3S/c1-27-22-29(28-12-14-32(15-13-28)41(44,45)46)10-11-30(27)24-48(33-16-18-47(19-17-33)20-21-52-2)38(51)25-49-36-9-4-3-7-34(36)37(50)23-39(49)53-26-31-6-5-8-35(42)40(31)43/h3-15,22-23,33,37,50H,16-21,24-26H2,1-2H3/i2D3,3D,4D,5D,6D,7D,8D,9D,10D,11D,12D,13D,14D,15D,16D2,17D2,18D2,19D2,21D2,22D,23D,24D2,25D2,26D2,33D. The lowest BCUT2D eigenvalue weighted by Gasteiger charge is -2.41. The first kappa shape index (κ1) is 14.1. The van der Waals surface area contributed by atoms with Crippen LogP contribution in [0.5, 0.6) is 0 Å². The van der Waals surface area contributed by atoms with Crippen molar-refractivity contribution in [1.29, 1.82) is 0 Å². The Balaban J connectivity index is 1.83. The maximum atomic E-state index is 16.2. The van der Waals surface area contributed by atoms with E-state index in [9.17, 15) is 32.0 Å². The number of rotatable bonds is 12. The Hall–Kier alpha value is -4.23. The summed E-state index contributed by atoms with van der Waals surface area (Å²) in [5.41, 5.74) is -17.2. The highest BCUT2D eigenvalue weighted by molar-refractivity contribution is 8.02. The summed E-state index contributed by atoms with van der Waals surface area (Å²) in [6.07, 6.45) is -18.8. The molecule has 0 spiro atoms. The van der Waals surface area contributed by atoms with Gasteiger partial charge in [-0.2, -0.15) is 13.2 Å². The number of carbonyl (C=O) groups excluding carboxylic acids is 1. The molecule has 4 aromatic carbocycles. The van der Waals surface area contributed by atoms with Gasteiger partial charge in [0.25, 0.3) is 0 Å². The molecule has 6 rings (SSSR count). The number of fused-ring (bicyclic) bond motifs is 1. The molecule has 1 unspecified atom stereocenters. The van der Waals surface area contributed by atoms with Crippen molar-refractivity contribution < 1.29 is 84.6 Å². The number of ether oxygens (including phenoxy) is 1. The van der Waals surface area contributed by atoms with Gasteiger partial charge in [0.05, 0.1) is 51.4 Å². The van der Waals surface area contributed by atoms with Crippen LogP contribution in [0.1, 0.15) is 94.6 Å². The highest BCUT2D eigenvalue weighted by Crippen LogP contribution is 2.41. The topological polar surface area (TPSA) is 56.3 Å². The second-order valence-corrected chi connectivity index (χ2v) is 10.8. The van der Waals surface area contributed by atoms with Gasteiger partial charge in [-0.05, 0) is 72.1 Å². The van der Waals surface area contributed by atoms with E-state index >= 15 is 13.6 Å². The number of likely N-dealkylation sites (tertiary alicyclic amines) is 1. The predicted octanol–water partition coefficient (Wildman–Crippen LogP) is 8.73. The van der Waals surface area contributed by atoms with Crippen LogP contribution in [0.15, 0.2) is 95.7 Å². The molecule has 0 saturated carbocycles. The molecular weight excluding hydrogens is 710 g/mol. The summed E-state index contributed by atoms with van der Waals surface area (Å²) in [4.78, 5) is 13.5. The molecule has 1 fully saturated rings. The van der Waals surface area contributed by atoms with E-state index < -0.39 is 267 Å². The fraction of sp³-hybridized carbons (Fsp3) is 0.341. The molecule has 1 saturated heterocycles. The van der Waals surface area contributed by atoms with E-state index in [2.05, 4.69) is 4.74 Å². The number of benzene rings is 4. The van der Waals surface area contributed by atoms with Gasteiger partial charge in [-0.15, -0.1) is 11.8 Å². The fourth-order valence-corrected chi connectivity index (χ4v) is 4.87. The summed E-state index contributed by atoms with van der Waals surface area (Å²) in [5.74, 6) is -8.00. The van der Waals surface area contributed by atoms with Gasteiger partial charge in [-0.25, -0.2) is 8.78 Å². The molecule has 4 aromatic rings. The number of anilines is 1. The van der Waals surface area contributed by atoms with Crippen LogP contribution in [0.4, 0.5) is 27.6 Å². The number of carbonyl (C=O) groups is 1. The van der Waals surface area contributed by atoms with Crippen LogP contribution < -0.4 is 4.90 Å². The van der Waals surface area contributed by atoms with Crippen LogP contribution >= 0.6 is 11.8 Å². The zero-order valence-electron chi connectivity index (χ0n) is 61.2. The zero-order valence-corrected chi connectivity index (χ0v) is 27.0. The average Bonchev–Trinajstić information content (AvgIpc) is 0.683. The van der Waals surface area contributed by atoms with Crippen molar-refractivity contribution in [3.8, 4) is 11.1 Å². The molecule has 6 nitrogen and oxygen atoms in total. The largest absolute Gasteiger partial charge is 0.416 e. The second kappa shape index (κ2) is 16.8. The summed E-state index contributed by atoms with van der Waals surface area (Å²) in [6.45, 7) is -25.3. The molecule has 2 aliphatic heterocycles. The van der Waals surface area contributed by atoms with Crippen LogP contribution in [-0.4, -0.2) is 66.5 Å². The monoisotopic (exact) mass is 787 g/mol. The lowest BCUT2D eigenvalue weighted by molar-refractivity contribution is -0.137. The molecular formula is C41H42F5N3O3S. The number of alkyl halides is 3. The van der Waals surface area contributed by atoms with Crippen LogP contribution in [0.2, 0.25) is 0 Å².